The van der Waals surface area contributed by atoms with Gasteiger partial charge in [0.25, 0.3) is 0 Å². The smallest absolute Gasteiger partial charge is 0.343 e. The fourth-order valence-corrected chi connectivity index (χ4v) is 5.08. The third-order valence-electron chi connectivity index (χ3n) is 7.29. The normalized spacial score (nSPS) is 16.4. The molecule has 2 aromatic carbocycles. The molecule has 5 rings (SSSR count). The van der Waals surface area contributed by atoms with Crippen LogP contribution in [0.4, 0.5) is 5.82 Å². The monoisotopic (exact) mass is 485 g/mol. The van der Waals surface area contributed by atoms with Crippen molar-refractivity contribution in [1.82, 2.24) is 9.97 Å². The fraction of sp³-hybridized carbons (Fsp3) is 0.379. The van der Waals surface area contributed by atoms with Crippen LogP contribution in [0.3, 0.4) is 0 Å². The Kier molecular flexibility index (Phi) is 6.24. The number of ether oxygens (including phenoxy) is 2. The number of aryl methyl sites for hydroxylation is 2. The standard InChI is InChI=1S/C29H31N3O4/c1-5-35-28(34)23-17-30-26(21-8-6-7-18(2)15-21)31-27(23)32-13-11-29(12-14-32)16-24(33)22-10-9-19(3)20(4)25(22)36-29/h6-10,15,17H,5,11-14,16H2,1-4H3. The molecule has 7 heteroatoms. The molecule has 186 valence electrons. The molecule has 2 aliphatic heterocycles. The molecule has 3 aromatic rings. The number of anilines is 1. The van der Waals surface area contributed by atoms with Crippen LogP contribution in [0.15, 0.2) is 42.6 Å². The summed E-state index contributed by atoms with van der Waals surface area (Å²) in [6.45, 7) is 9.32. The van der Waals surface area contributed by atoms with Crippen molar-refractivity contribution in [2.24, 2.45) is 0 Å². The summed E-state index contributed by atoms with van der Waals surface area (Å²) >= 11 is 0. The van der Waals surface area contributed by atoms with Crippen molar-refractivity contribution in [2.45, 2.75) is 52.6 Å². The number of hydrogen-bond donors (Lipinski definition) is 0. The first-order valence-electron chi connectivity index (χ1n) is 12.5. The summed E-state index contributed by atoms with van der Waals surface area (Å²) in [6, 6.07) is 11.8. The maximum Gasteiger partial charge on any atom is 0.343 e. The van der Waals surface area contributed by atoms with Gasteiger partial charge in [-0.3, -0.25) is 4.79 Å². The second-order valence-electron chi connectivity index (χ2n) is 9.78. The molecule has 0 amide bonds. The average molecular weight is 486 g/mol. The molecule has 0 unspecified atom stereocenters. The number of Topliss-reactive ketones (excluding diaryl/α,β-unsaturated/α-hetero) is 1. The molecule has 1 saturated heterocycles. The SMILES string of the molecule is CCOC(=O)c1cnc(-c2cccc(C)c2)nc1N1CCC2(CC1)CC(=O)c1ccc(C)c(C)c1O2. The van der Waals surface area contributed by atoms with Crippen LogP contribution in [-0.4, -0.2) is 47.0 Å². The molecule has 3 heterocycles. The molecule has 0 saturated carbocycles. The van der Waals surface area contributed by atoms with E-state index in [1.54, 1.807) is 13.1 Å². The first-order valence-corrected chi connectivity index (χ1v) is 12.5. The van der Waals surface area contributed by atoms with E-state index in [0.717, 1.165) is 28.0 Å². The van der Waals surface area contributed by atoms with Gasteiger partial charge in [-0.15, -0.1) is 0 Å². The fourth-order valence-electron chi connectivity index (χ4n) is 5.08. The van der Waals surface area contributed by atoms with E-state index in [-0.39, 0.29) is 12.4 Å². The molecule has 1 spiro atoms. The van der Waals surface area contributed by atoms with Gasteiger partial charge in [-0.2, -0.15) is 0 Å². The quantitative estimate of drug-likeness (QED) is 0.467. The van der Waals surface area contributed by atoms with E-state index in [9.17, 15) is 9.59 Å². The number of carbonyl (C=O) groups excluding carboxylic acids is 2. The average Bonchev–Trinajstić information content (AvgIpc) is 2.87. The number of aromatic nitrogens is 2. The van der Waals surface area contributed by atoms with E-state index >= 15 is 0 Å². The molecule has 0 N–H and O–H groups in total. The molecule has 7 nitrogen and oxygen atoms in total. The molecule has 0 aliphatic carbocycles. The number of nitrogens with zero attached hydrogens (tertiary/aromatic N) is 3. The van der Waals surface area contributed by atoms with Crippen molar-refractivity contribution in [3.8, 4) is 17.1 Å². The minimum absolute atomic E-state index is 0.129. The number of fused-ring (bicyclic) bond motifs is 1. The molecule has 1 aromatic heterocycles. The van der Waals surface area contributed by atoms with Gasteiger partial charge in [-0.25, -0.2) is 14.8 Å². The second-order valence-corrected chi connectivity index (χ2v) is 9.78. The van der Waals surface area contributed by atoms with Gasteiger partial charge in [0.15, 0.2) is 11.6 Å². The van der Waals surface area contributed by atoms with Gasteiger partial charge < -0.3 is 14.4 Å². The largest absolute Gasteiger partial charge is 0.486 e. The summed E-state index contributed by atoms with van der Waals surface area (Å²) in [5, 5.41) is 0. The van der Waals surface area contributed by atoms with Gasteiger partial charge in [0.05, 0.1) is 18.6 Å². The highest BCUT2D eigenvalue weighted by Crippen LogP contribution is 2.42. The van der Waals surface area contributed by atoms with Crippen molar-refractivity contribution in [2.75, 3.05) is 24.6 Å². The summed E-state index contributed by atoms with van der Waals surface area (Å²) in [6.07, 6.45) is 3.22. The van der Waals surface area contributed by atoms with E-state index in [1.807, 2.05) is 57.2 Å². The summed E-state index contributed by atoms with van der Waals surface area (Å²) in [7, 11) is 0. The third-order valence-corrected chi connectivity index (χ3v) is 7.29. The van der Waals surface area contributed by atoms with Crippen LogP contribution < -0.4 is 9.64 Å². The molecule has 0 radical (unpaired) electrons. The zero-order valence-corrected chi connectivity index (χ0v) is 21.3. The maximum atomic E-state index is 13.0. The van der Waals surface area contributed by atoms with Crippen molar-refractivity contribution < 1.29 is 19.1 Å². The highest BCUT2D eigenvalue weighted by Gasteiger charge is 2.44. The summed E-state index contributed by atoms with van der Waals surface area (Å²) in [5.74, 6) is 1.53. The number of carbonyl (C=O) groups is 2. The Morgan fingerprint density at radius 3 is 2.64 bits per heavy atom. The van der Waals surface area contributed by atoms with Crippen molar-refractivity contribution >= 4 is 17.6 Å². The summed E-state index contributed by atoms with van der Waals surface area (Å²) in [4.78, 5) is 37.2. The lowest BCUT2D eigenvalue weighted by Crippen LogP contribution is -2.51. The minimum atomic E-state index is -0.546. The predicted molar refractivity (Wildman–Crippen MR) is 138 cm³/mol. The highest BCUT2D eigenvalue weighted by atomic mass is 16.5. The molecule has 0 bridgehead atoms. The zero-order chi connectivity index (χ0) is 25.4. The first kappa shape index (κ1) is 24.0. The Balaban J connectivity index is 1.45. The summed E-state index contributed by atoms with van der Waals surface area (Å²) in [5.41, 5.74) is 4.61. The van der Waals surface area contributed by atoms with E-state index < -0.39 is 11.6 Å². The molecule has 2 aliphatic rings. The van der Waals surface area contributed by atoms with Crippen molar-refractivity contribution in [3.05, 3.63) is 70.4 Å². The second kappa shape index (κ2) is 9.37. The Morgan fingerprint density at radius 1 is 1.14 bits per heavy atom. The third kappa shape index (κ3) is 4.34. The van der Waals surface area contributed by atoms with Gasteiger partial charge in [-0.05, 0) is 51.0 Å². The van der Waals surface area contributed by atoms with Crippen LogP contribution in [0, 0.1) is 20.8 Å². The summed E-state index contributed by atoms with van der Waals surface area (Å²) < 4.78 is 11.9. The lowest BCUT2D eigenvalue weighted by molar-refractivity contribution is 0.0225. The topological polar surface area (TPSA) is 81.6 Å². The van der Waals surface area contributed by atoms with Crippen molar-refractivity contribution in [3.63, 3.8) is 0 Å². The van der Waals surface area contributed by atoms with Crippen LogP contribution >= 0.6 is 0 Å². The van der Waals surface area contributed by atoms with Crippen LogP contribution in [0.2, 0.25) is 0 Å². The Bertz CT molecular complexity index is 1340. The minimum Gasteiger partial charge on any atom is -0.486 e. The Hall–Kier alpha value is -3.74. The van der Waals surface area contributed by atoms with Crippen LogP contribution in [-0.2, 0) is 4.74 Å². The van der Waals surface area contributed by atoms with E-state index in [2.05, 4.69) is 9.88 Å². The van der Waals surface area contributed by atoms with Gasteiger partial charge in [0.2, 0.25) is 0 Å². The molecular weight excluding hydrogens is 454 g/mol. The number of hydrogen-bond acceptors (Lipinski definition) is 7. The van der Waals surface area contributed by atoms with Crippen LogP contribution in [0.5, 0.6) is 5.75 Å². The number of piperidine rings is 1. The van der Waals surface area contributed by atoms with E-state index in [1.165, 1.54) is 0 Å². The van der Waals surface area contributed by atoms with E-state index in [0.29, 0.717) is 55.1 Å². The van der Waals surface area contributed by atoms with E-state index in [4.69, 9.17) is 14.5 Å². The highest BCUT2D eigenvalue weighted by molar-refractivity contribution is 6.01. The Labute approximate surface area is 211 Å². The number of esters is 1. The Morgan fingerprint density at radius 2 is 1.92 bits per heavy atom. The van der Waals surface area contributed by atoms with Crippen LogP contribution in [0.25, 0.3) is 11.4 Å². The van der Waals surface area contributed by atoms with Gasteiger partial charge in [0.1, 0.15) is 22.7 Å². The number of benzene rings is 2. The molecular formula is C29H31N3O4. The molecule has 0 atom stereocenters. The lowest BCUT2D eigenvalue weighted by Gasteiger charge is -2.45. The number of ketones is 1. The number of rotatable bonds is 4. The van der Waals surface area contributed by atoms with Crippen molar-refractivity contribution in [1.29, 1.82) is 0 Å². The van der Waals surface area contributed by atoms with Gasteiger partial charge >= 0.3 is 5.97 Å². The lowest BCUT2D eigenvalue weighted by atomic mass is 9.81. The van der Waals surface area contributed by atoms with Crippen LogP contribution in [0.1, 0.15) is 63.6 Å². The zero-order valence-electron chi connectivity index (χ0n) is 21.3. The van der Waals surface area contributed by atoms with Gasteiger partial charge in [0, 0.05) is 37.7 Å². The molecule has 1 fully saturated rings. The first-order chi connectivity index (χ1) is 17.3. The predicted octanol–water partition coefficient (Wildman–Crippen LogP) is 5.25. The maximum absolute atomic E-state index is 13.0. The van der Waals surface area contributed by atoms with Gasteiger partial charge in [-0.1, -0.05) is 29.8 Å². The molecule has 36 heavy (non-hydrogen) atoms.